The average Bonchev–Trinajstić information content (AvgIpc) is 3.45. The quantitative estimate of drug-likeness (QED) is 0.443. The second-order valence-electron chi connectivity index (χ2n) is 9.68. The Hall–Kier alpha value is -4.09. The van der Waals surface area contributed by atoms with Gasteiger partial charge in [0.05, 0.1) is 65.7 Å². The molecule has 0 aromatic carbocycles. The summed E-state index contributed by atoms with van der Waals surface area (Å²) in [5.41, 5.74) is 5.81. The zero-order valence-electron chi connectivity index (χ0n) is 20.2. The third kappa shape index (κ3) is 3.69. The van der Waals surface area contributed by atoms with E-state index in [4.69, 9.17) is 14.7 Å². The molecule has 7 heterocycles. The topological polar surface area (TPSA) is 99.9 Å². The van der Waals surface area contributed by atoms with Crippen molar-refractivity contribution in [3.63, 3.8) is 0 Å². The molecule has 0 aliphatic carbocycles. The number of carbonyl (C=O) groups is 1. The molecule has 0 saturated carbocycles. The van der Waals surface area contributed by atoms with E-state index in [1.54, 1.807) is 23.0 Å². The average molecular weight is 501 g/mol. The third-order valence-corrected chi connectivity index (χ3v) is 7.24. The number of halogens is 1. The van der Waals surface area contributed by atoms with Gasteiger partial charge in [0.1, 0.15) is 17.3 Å². The van der Waals surface area contributed by atoms with Gasteiger partial charge in [-0.1, -0.05) is 0 Å². The summed E-state index contributed by atoms with van der Waals surface area (Å²) < 4.78 is 21.1. The molecule has 0 unspecified atom stereocenters. The second kappa shape index (κ2) is 8.49. The van der Waals surface area contributed by atoms with E-state index in [1.165, 1.54) is 12.1 Å². The molecule has 4 aromatic heterocycles. The third-order valence-electron chi connectivity index (χ3n) is 7.24. The number of morpholine rings is 1. The Balaban J connectivity index is 1.26. The molecule has 37 heavy (non-hydrogen) atoms. The molecule has 11 heteroatoms. The van der Waals surface area contributed by atoms with Crippen molar-refractivity contribution in [2.24, 2.45) is 0 Å². The molecule has 2 N–H and O–H groups in total. The minimum absolute atomic E-state index is 0.174. The number of anilines is 3. The van der Waals surface area contributed by atoms with Gasteiger partial charge in [0.15, 0.2) is 0 Å². The highest BCUT2D eigenvalue weighted by atomic mass is 19.1. The Bertz CT molecular complexity index is 1550. The lowest BCUT2D eigenvalue weighted by Crippen LogP contribution is -2.49. The first-order chi connectivity index (χ1) is 18.0. The Kier molecular flexibility index (Phi) is 5.08. The van der Waals surface area contributed by atoms with Crippen LogP contribution in [0.4, 0.5) is 21.6 Å². The number of fused-ring (bicyclic) bond motifs is 5. The van der Waals surface area contributed by atoms with E-state index in [0.717, 1.165) is 36.6 Å². The molecular formula is C26H25FN8O2. The Morgan fingerprint density at radius 2 is 2.14 bits per heavy atom. The molecule has 188 valence electrons. The highest BCUT2D eigenvalue weighted by Gasteiger charge is 2.31. The summed E-state index contributed by atoms with van der Waals surface area (Å²) in [5, 5.41) is 6.25. The Labute approximate surface area is 212 Å². The summed E-state index contributed by atoms with van der Waals surface area (Å²) in [4.78, 5) is 31.5. The van der Waals surface area contributed by atoms with Gasteiger partial charge in [-0.15, -0.1) is 0 Å². The standard InChI is InChI=1S/C26H25FN8O2/c1-33-12-16-14-37-7-6-34(16)20-2-3-22(32-19(20)13-33)31-18-10-29-25(17-9-30-26(36)24(17)18)21-11-28-23-8-15(27)4-5-35(21)23/h2-5,8,10-11,16H,6-7,9,12-14H2,1H3,(H,30,36)(H,31,32)/t16-/m1/s1. The van der Waals surface area contributed by atoms with E-state index in [0.29, 0.717) is 59.9 Å². The number of carbonyl (C=O) groups excluding carboxylic acids is 1. The summed E-state index contributed by atoms with van der Waals surface area (Å²) >= 11 is 0. The summed E-state index contributed by atoms with van der Waals surface area (Å²) in [6.07, 6.45) is 4.92. The van der Waals surface area contributed by atoms with E-state index in [2.05, 4.69) is 38.5 Å². The number of nitrogens with one attached hydrogen (secondary N) is 2. The number of nitrogens with zero attached hydrogens (tertiary/aromatic N) is 6. The lowest BCUT2D eigenvalue weighted by Gasteiger charge is -2.37. The van der Waals surface area contributed by atoms with Crippen LogP contribution in [-0.2, 0) is 17.8 Å². The van der Waals surface area contributed by atoms with Crippen molar-refractivity contribution < 1.29 is 13.9 Å². The molecule has 1 fully saturated rings. The Morgan fingerprint density at radius 1 is 1.22 bits per heavy atom. The van der Waals surface area contributed by atoms with Crippen molar-refractivity contribution in [2.75, 3.05) is 43.6 Å². The maximum atomic E-state index is 13.7. The summed E-state index contributed by atoms with van der Waals surface area (Å²) in [6.45, 7) is 4.25. The number of hydrogen-bond donors (Lipinski definition) is 2. The first kappa shape index (κ1) is 22.1. The monoisotopic (exact) mass is 500 g/mol. The van der Waals surface area contributed by atoms with Crippen LogP contribution < -0.4 is 15.5 Å². The fourth-order valence-corrected chi connectivity index (χ4v) is 5.57. The summed E-state index contributed by atoms with van der Waals surface area (Å²) in [5.74, 6) is 0.120. The lowest BCUT2D eigenvalue weighted by molar-refractivity contribution is 0.0844. The van der Waals surface area contributed by atoms with Crippen LogP contribution in [-0.4, -0.2) is 69.6 Å². The van der Waals surface area contributed by atoms with Gasteiger partial charge in [0, 0.05) is 44.0 Å². The number of ether oxygens (including phenoxy) is 1. The molecule has 1 amide bonds. The molecular weight excluding hydrogens is 475 g/mol. The van der Waals surface area contributed by atoms with Gasteiger partial charge in [-0.2, -0.15) is 0 Å². The molecule has 3 aliphatic rings. The molecule has 1 atom stereocenters. The van der Waals surface area contributed by atoms with E-state index in [9.17, 15) is 9.18 Å². The fraction of sp³-hybridized carbons (Fsp3) is 0.308. The first-order valence-corrected chi connectivity index (χ1v) is 12.3. The smallest absolute Gasteiger partial charge is 0.254 e. The largest absolute Gasteiger partial charge is 0.377 e. The number of rotatable bonds is 3. The molecule has 10 nitrogen and oxygen atoms in total. The van der Waals surface area contributed by atoms with Crippen LogP contribution in [0, 0.1) is 5.82 Å². The van der Waals surface area contributed by atoms with Gasteiger partial charge < -0.3 is 20.3 Å². The van der Waals surface area contributed by atoms with Crippen molar-refractivity contribution in [1.29, 1.82) is 0 Å². The van der Waals surface area contributed by atoms with Crippen LogP contribution in [0.15, 0.2) is 42.9 Å². The molecule has 7 rings (SSSR count). The van der Waals surface area contributed by atoms with Gasteiger partial charge in [0.2, 0.25) is 0 Å². The first-order valence-electron chi connectivity index (χ1n) is 12.3. The minimum atomic E-state index is -0.359. The molecule has 3 aliphatic heterocycles. The molecule has 0 bridgehead atoms. The second-order valence-corrected chi connectivity index (χ2v) is 9.68. The van der Waals surface area contributed by atoms with Crippen molar-refractivity contribution in [3.05, 3.63) is 65.5 Å². The van der Waals surface area contributed by atoms with Crippen molar-refractivity contribution in [3.8, 4) is 11.4 Å². The molecule has 1 saturated heterocycles. The van der Waals surface area contributed by atoms with E-state index in [-0.39, 0.29) is 11.7 Å². The van der Waals surface area contributed by atoms with Gasteiger partial charge >= 0.3 is 0 Å². The maximum Gasteiger partial charge on any atom is 0.254 e. The van der Waals surface area contributed by atoms with Gasteiger partial charge in [-0.25, -0.2) is 14.4 Å². The number of aromatic nitrogens is 4. The number of hydrogen-bond acceptors (Lipinski definition) is 8. The van der Waals surface area contributed by atoms with Crippen LogP contribution in [0.1, 0.15) is 21.6 Å². The number of amides is 1. The minimum Gasteiger partial charge on any atom is -0.377 e. The summed E-state index contributed by atoms with van der Waals surface area (Å²) in [7, 11) is 2.10. The van der Waals surface area contributed by atoms with Gasteiger partial charge in [-0.3, -0.25) is 19.1 Å². The highest BCUT2D eigenvalue weighted by molar-refractivity contribution is 6.05. The van der Waals surface area contributed by atoms with Crippen molar-refractivity contribution >= 4 is 28.7 Å². The predicted octanol–water partition coefficient (Wildman–Crippen LogP) is 2.57. The van der Waals surface area contributed by atoms with E-state index >= 15 is 0 Å². The zero-order valence-corrected chi connectivity index (χ0v) is 20.2. The van der Waals surface area contributed by atoms with Crippen LogP contribution in [0.5, 0.6) is 0 Å². The predicted molar refractivity (Wildman–Crippen MR) is 135 cm³/mol. The molecule has 4 aromatic rings. The van der Waals surface area contributed by atoms with Crippen molar-refractivity contribution in [2.45, 2.75) is 19.1 Å². The van der Waals surface area contributed by atoms with E-state index < -0.39 is 0 Å². The van der Waals surface area contributed by atoms with Crippen LogP contribution in [0.25, 0.3) is 17.0 Å². The zero-order chi connectivity index (χ0) is 25.1. The maximum absolute atomic E-state index is 13.7. The van der Waals surface area contributed by atoms with E-state index in [1.807, 2.05) is 6.07 Å². The fourth-order valence-electron chi connectivity index (χ4n) is 5.57. The van der Waals surface area contributed by atoms with Gasteiger partial charge in [-0.05, 0) is 25.2 Å². The molecule has 0 spiro atoms. The SMILES string of the molecule is CN1Cc2nc(Nc3cnc(-c4cnc5cc(F)ccn45)c4c3C(=O)NC4)ccc2N2CCOC[C@H]2C1. The lowest BCUT2D eigenvalue weighted by atomic mass is 10.1. The van der Waals surface area contributed by atoms with Crippen LogP contribution in [0.2, 0.25) is 0 Å². The van der Waals surface area contributed by atoms with Gasteiger partial charge in [0.25, 0.3) is 5.91 Å². The Morgan fingerprint density at radius 3 is 3.05 bits per heavy atom. The molecule has 0 radical (unpaired) electrons. The highest BCUT2D eigenvalue weighted by Crippen LogP contribution is 2.35. The van der Waals surface area contributed by atoms with Crippen LogP contribution >= 0.6 is 0 Å². The summed E-state index contributed by atoms with van der Waals surface area (Å²) in [6, 6.07) is 7.09. The van der Waals surface area contributed by atoms with Crippen LogP contribution in [0.3, 0.4) is 0 Å². The van der Waals surface area contributed by atoms with Crippen molar-refractivity contribution in [1.82, 2.24) is 29.6 Å². The normalized spacial score (nSPS) is 19.2. The number of likely N-dealkylation sites (N-methyl/N-ethyl adjacent to an activating group) is 1. The number of pyridine rings is 3. The number of imidazole rings is 1.